The minimum atomic E-state index is -0.827. The van der Waals surface area contributed by atoms with E-state index in [2.05, 4.69) is 31.3 Å². The highest BCUT2D eigenvalue weighted by atomic mass is 32.2. The van der Waals surface area contributed by atoms with Crippen molar-refractivity contribution in [2.24, 2.45) is 5.92 Å². The van der Waals surface area contributed by atoms with Gasteiger partial charge in [-0.2, -0.15) is 0 Å². The number of rotatable bonds is 7. The summed E-state index contributed by atoms with van der Waals surface area (Å²) in [5.41, 5.74) is 2.42. The molecule has 0 amide bonds. The second-order valence-corrected chi connectivity index (χ2v) is 6.97. The van der Waals surface area contributed by atoms with E-state index in [9.17, 15) is 4.21 Å². The molecule has 1 fully saturated rings. The molecular weight excluding hydrogens is 270 g/mol. The summed E-state index contributed by atoms with van der Waals surface area (Å²) in [5.74, 6) is 1.88. The molecule has 3 nitrogen and oxygen atoms in total. The molecule has 20 heavy (non-hydrogen) atoms. The molecule has 1 aliphatic heterocycles. The molecule has 3 atom stereocenters. The van der Waals surface area contributed by atoms with E-state index in [1.807, 2.05) is 12.1 Å². The highest BCUT2D eigenvalue weighted by molar-refractivity contribution is 7.84. The molecule has 0 saturated carbocycles. The number of nitrogens with one attached hydrogen (secondary N) is 1. The molecule has 0 spiro atoms. The summed E-state index contributed by atoms with van der Waals surface area (Å²) in [6.45, 7) is 6.76. The first kappa shape index (κ1) is 15.7. The third-order valence-electron chi connectivity index (χ3n) is 3.94. The van der Waals surface area contributed by atoms with Crippen molar-refractivity contribution < 1.29 is 8.95 Å². The Balaban J connectivity index is 1.92. The zero-order valence-electron chi connectivity index (χ0n) is 12.4. The van der Waals surface area contributed by atoms with Gasteiger partial charge in [-0.25, -0.2) is 0 Å². The van der Waals surface area contributed by atoms with Crippen molar-refractivity contribution in [3.8, 4) is 0 Å². The fourth-order valence-corrected chi connectivity index (χ4v) is 4.28. The standard InChI is InChI=1S/C16H25NO2S/c1-3-17-16(14-8-9-19-10-14)12-20(18)11-15-7-5-4-6-13(15)2/h4-7,14,16-17H,3,8-12H2,1-2H3. The molecule has 3 unspecified atom stereocenters. The van der Waals surface area contributed by atoms with Gasteiger partial charge in [0, 0.05) is 40.9 Å². The second kappa shape index (κ2) is 7.91. The average Bonchev–Trinajstić information content (AvgIpc) is 2.95. The third kappa shape index (κ3) is 4.40. The van der Waals surface area contributed by atoms with Crippen molar-refractivity contribution in [3.63, 3.8) is 0 Å². The Kier molecular flexibility index (Phi) is 6.20. The summed E-state index contributed by atoms with van der Waals surface area (Å²) in [7, 11) is -0.827. The van der Waals surface area contributed by atoms with Crippen molar-refractivity contribution >= 4 is 10.8 Å². The second-order valence-electron chi connectivity index (χ2n) is 5.47. The molecular formula is C16H25NO2S. The van der Waals surface area contributed by atoms with E-state index >= 15 is 0 Å². The maximum atomic E-state index is 12.4. The summed E-state index contributed by atoms with van der Waals surface area (Å²) in [4.78, 5) is 0. The molecule has 2 rings (SSSR count). The van der Waals surface area contributed by atoms with Crippen LogP contribution in [0.1, 0.15) is 24.5 Å². The van der Waals surface area contributed by atoms with Gasteiger partial charge >= 0.3 is 0 Å². The van der Waals surface area contributed by atoms with Crippen LogP contribution < -0.4 is 5.32 Å². The first-order valence-corrected chi connectivity index (χ1v) is 8.90. The Bertz CT molecular complexity index is 444. The molecule has 112 valence electrons. The number of hydrogen-bond donors (Lipinski definition) is 1. The smallest absolute Gasteiger partial charge is 0.0510 e. The Morgan fingerprint density at radius 3 is 2.90 bits per heavy atom. The van der Waals surface area contributed by atoms with E-state index < -0.39 is 10.8 Å². The number of hydrogen-bond acceptors (Lipinski definition) is 3. The van der Waals surface area contributed by atoms with E-state index in [1.165, 1.54) is 11.1 Å². The van der Waals surface area contributed by atoms with Gasteiger partial charge in [-0.3, -0.25) is 4.21 Å². The van der Waals surface area contributed by atoms with E-state index in [0.29, 0.717) is 17.7 Å². The van der Waals surface area contributed by atoms with Gasteiger partial charge in [-0.1, -0.05) is 31.2 Å². The Labute approximate surface area is 124 Å². The van der Waals surface area contributed by atoms with Gasteiger partial charge in [0.1, 0.15) is 0 Å². The molecule has 0 aliphatic carbocycles. The highest BCUT2D eigenvalue weighted by Crippen LogP contribution is 2.19. The summed E-state index contributed by atoms with van der Waals surface area (Å²) >= 11 is 0. The predicted molar refractivity (Wildman–Crippen MR) is 84.3 cm³/mol. The van der Waals surface area contributed by atoms with Crippen LogP contribution in [0.2, 0.25) is 0 Å². The van der Waals surface area contributed by atoms with Crippen molar-refractivity contribution in [2.75, 3.05) is 25.5 Å². The molecule has 1 saturated heterocycles. The van der Waals surface area contributed by atoms with Crippen molar-refractivity contribution in [2.45, 2.75) is 32.1 Å². The topological polar surface area (TPSA) is 38.3 Å². The average molecular weight is 295 g/mol. The van der Waals surface area contributed by atoms with E-state index in [4.69, 9.17) is 4.74 Å². The van der Waals surface area contributed by atoms with Gasteiger partial charge < -0.3 is 10.1 Å². The van der Waals surface area contributed by atoms with E-state index in [0.717, 1.165) is 31.9 Å². The molecule has 1 N–H and O–H groups in total. The van der Waals surface area contributed by atoms with E-state index in [1.54, 1.807) is 0 Å². The zero-order chi connectivity index (χ0) is 14.4. The van der Waals surface area contributed by atoms with Crippen LogP contribution in [0.3, 0.4) is 0 Å². The molecule has 1 heterocycles. The van der Waals surface area contributed by atoms with Crippen molar-refractivity contribution in [1.29, 1.82) is 0 Å². The highest BCUT2D eigenvalue weighted by Gasteiger charge is 2.26. The largest absolute Gasteiger partial charge is 0.381 e. The quantitative estimate of drug-likeness (QED) is 0.838. The molecule has 0 bridgehead atoms. The zero-order valence-corrected chi connectivity index (χ0v) is 13.2. The van der Waals surface area contributed by atoms with Gasteiger partial charge in [0.2, 0.25) is 0 Å². The lowest BCUT2D eigenvalue weighted by Gasteiger charge is -2.23. The summed E-state index contributed by atoms with van der Waals surface area (Å²) < 4.78 is 17.9. The number of benzene rings is 1. The van der Waals surface area contributed by atoms with E-state index in [-0.39, 0.29) is 0 Å². The SMILES string of the molecule is CCNC(CS(=O)Cc1ccccc1C)C1CCOC1. The maximum Gasteiger partial charge on any atom is 0.0510 e. The van der Waals surface area contributed by atoms with Crippen molar-refractivity contribution in [3.05, 3.63) is 35.4 Å². The fourth-order valence-electron chi connectivity index (χ4n) is 2.70. The minimum Gasteiger partial charge on any atom is -0.381 e. The third-order valence-corrected chi connectivity index (χ3v) is 5.31. The van der Waals surface area contributed by atoms with Crippen LogP contribution in [0, 0.1) is 12.8 Å². The van der Waals surface area contributed by atoms with Crippen LogP contribution >= 0.6 is 0 Å². The van der Waals surface area contributed by atoms with Crippen LogP contribution in [-0.4, -0.2) is 35.8 Å². The van der Waals surface area contributed by atoms with Gasteiger partial charge in [0.25, 0.3) is 0 Å². The minimum absolute atomic E-state index is 0.312. The van der Waals surface area contributed by atoms with Crippen LogP contribution in [0.25, 0.3) is 0 Å². The normalized spacial score (nSPS) is 21.8. The molecule has 4 heteroatoms. The fraction of sp³-hybridized carbons (Fsp3) is 0.625. The maximum absolute atomic E-state index is 12.4. The Morgan fingerprint density at radius 2 is 2.25 bits per heavy atom. The Hall–Kier alpha value is -0.710. The monoisotopic (exact) mass is 295 g/mol. The van der Waals surface area contributed by atoms with Crippen LogP contribution in [0.4, 0.5) is 0 Å². The lowest BCUT2D eigenvalue weighted by molar-refractivity contribution is 0.179. The lowest BCUT2D eigenvalue weighted by atomic mass is 10.0. The number of ether oxygens (including phenoxy) is 1. The summed E-state index contributed by atoms with van der Waals surface area (Å²) in [6.07, 6.45) is 1.08. The van der Waals surface area contributed by atoms with Gasteiger partial charge in [0.05, 0.1) is 6.61 Å². The lowest BCUT2D eigenvalue weighted by Crippen LogP contribution is -2.41. The Morgan fingerprint density at radius 1 is 1.45 bits per heavy atom. The molecule has 1 aliphatic rings. The molecule has 0 radical (unpaired) electrons. The van der Waals surface area contributed by atoms with Gasteiger partial charge in [-0.05, 0) is 31.0 Å². The molecule has 1 aromatic carbocycles. The first-order chi connectivity index (χ1) is 9.70. The molecule has 1 aromatic rings. The first-order valence-electron chi connectivity index (χ1n) is 7.41. The predicted octanol–water partition coefficient (Wildman–Crippen LogP) is 2.26. The van der Waals surface area contributed by atoms with Gasteiger partial charge in [0.15, 0.2) is 0 Å². The molecule has 0 aromatic heterocycles. The van der Waals surface area contributed by atoms with Crippen LogP contribution in [-0.2, 0) is 21.3 Å². The van der Waals surface area contributed by atoms with Gasteiger partial charge in [-0.15, -0.1) is 0 Å². The van der Waals surface area contributed by atoms with Crippen molar-refractivity contribution in [1.82, 2.24) is 5.32 Å². The summed E-state index contributed by atoms with van der Waals surface area (Å²) in [5, 5.41) is 3.48. The summed E-state index contributed by atoms with van der Waals surface area (Å²) in [6, 6.07) is 8.52. The number of aryl methyl sites for hydroxylation is 1. The van der Waals surface area contributed by atoms with Crippen LogP contribution in [0.5, 0.6) is 0 Å². The van der Waals surface area contributed by atoms with Crippen LogP contribution in [0.15, 0.2) is 24.3 Å².